The van der Waals surface area contributed by atoms with Crippen molar-refractivity contribution in [2.45, 2.75) is 31.5 Å². The molecule has 0 aromatic rings. The largest absolute Gasteiger partial charge is 0.481 e. The highest BCUT2D eigenvalue weighted by Gasteiger charge is 2.32. The number of nitrogens with zero attached hydrogens (tertiary/aromatic N) is 1. The van der Waals surface area contributed by atoms with Crippen LogP contribution in [0.5, 0.6) is 0 Å². The first-order valence-corrected chi connectivity index (χ1v) is 6.65. The van der Waals surface area contributed by atoms with E-state index in [1.165, 1.54) is 0 Å². The van der Waals surface area contributed by atoms with Gasteiger partial charge in [-0.15, -0.1) is 0 Å². The summed E-state index contributed by atoms with van der Waals surface area (Å²) >= 11 is 0. The lowest BCUT2D eigenvalue weighted by molar-refractivity contribution is -0.137. The Labute approximate surface area is 115 Å². The van der Waals surface area contributed by atoms with E-state index >= 15 is 0 Å². The lowest BCUT2D eigenvalue weighted by atomic mass is 9.90. The summed E-state index contributed by atoms with van der Waals surface area (Å²) < 4.78 is 36.6. The molecule has 0 saturated carbocycles. The maximum absolute atomic E-state index is 12.2. The quantitative estimate of drug-likeness (QED) is 0.645. The molecule has 0 spiro atoms. The van der Waals surface area contributed by atoms with E-state index in [1.807, 2.05) is 4.90 Å². The zero-order valence-electron chi connectivity index (χ0n) is 11.2. The van der Waals surface area contributed by atoms with Crippen molar-refractivity contribution < 1.29 is 28.2 Å². The van der Waals surface area contributed by atoms with Gasteiger partial charge < -0.3 is 15.5 Å². The Hall–Kier alpha value is -0.860. The molecule has 1 aliphatic rings. The first-order valence-electron chi connectivity index (χ1n) is 6.65. The normalized spacial score (nSPS) is 24.8. The summed E-state index contributed by atoms with van der Waals surface area (Å²) in [6.45, 7) is 0.361. The van der Waals surface area contributed by atoms with Crippen molar-refractivity contribution >= 4 is 5.97 Å². The molecule has 1 rings (SSSR count). The van der Waals surface area contributed by atoms with E-state index < -0.39 is 18.7 Å². The summed E-state index contributed by atoms with van der Waals surface area (Å²) in [7, 11) is 0. The van der Waals surface area contributed by atoms with Crippen molar-refractivity contribution in [3.63, 3.8) is 0 Å². The lowest BCUT2D eigenvalue weighted by Gasteiger charge is -2.38. The number of hydrogen-bond acceptors (Lipinski definition) is 4. The Morgan fingerprint density at radius 1 is 1.35 bits per heavy atom. The fourth-order valence-corrected chi connectivity index (χ4v) is 2.57. The van der Waals surface area contributed by atoms with Gasteiger partial charge in [0.2, 0.25) is 0 Å². The molecule has 2 unspecified atom stereocenters. The average Bonchev–Trinajstić information content (AvgIpc) is 2.33. The number of hydrogen-bond donors (Lipinski definition) is 3. The number of halogens is 3. The molecule has 0 aromatic carbocycles. The molecule has 8 heteroatoms. The van der Waals surface area contributed by atoms with Gasteiger partial charge in [0.15, 0.2) is 0 Å². The minimum atomic E-state index is -4.25. The first kappa shape index (κ1) is 17.2. The summed E-state index contributed by atoms with van der Waals surface area (Å²) in [5, 5.41) is 20.1. The van der Waals surface area contributed by atoms with Crippen LogP contribution in [0.2, 0.25) is 0 Å². The first-order chi connectivity index (χ1) is 9.30. The van der Waals surface area contributed by atoms with Crippen LogP contribution in [-0.4, -0.2) is 66.1 Å². The van der Waals surface area contributed by atoms with E-state index in [2.05, 4.69) is 5.32 Å². The van der Waals surface area contributed by atoms with Crippen LogP contribution in [0.15, 0.2) is 0 Å². The number of nitrogens with one attached hydrogen (secondary N) is 1. The Balaban J connectivity index is 2.49. The van der Waals surface area contributed by atoms with E-state index in [0.717, 1.165) is 0 Å². The number of rotatable bonds is 7. The second kappa shape index (κ2) is 7.80. The third-order valence-electron chi connectivity index (χ3n) is 3.39. The fraction of sp³-hybridized carbons (Fsp3) is 0.917. The van der Waals surface area contributed by atoms with Crippen LogP contribution in [0.25, 0.3) is 0 Å². The third-order valence-corrected chi connectivity index (χ3v) is 3.39. The molecule has 118 valence electrons. The molecule has 0 radical (unpaired) electrons. The molecule has 1 fully saturated rings. The van der Waals surface area contributed by atoms with Gasteiger partial charge in [-0.1, -0.05) is 0 Å². The lowest BCUT2D eigenvalue weighted by Crippen LogP contribution is -2.51. The summed E-state index contributed by atoms with van der Waals surface area (Å²) in [6, 6.07) is -0.323. The number of likely N-dealkylation sites (tertiary alicyclic amines) is 1. The highest BCUT2D eigenvalue weighted by molar-refractivity contribution is 5.66. The van der Waals surface area contributed by atoms with Crippen molar-refractivity contribution in [3.8, 4) is 0 Å². The van der Waals surface area contributed by atoms with Crippen molar-refractivity contribution in [2.24, 2.45) is 5.92 Å². The van der Waals surface area contributed by atoms with Gasteiger partial charge in [-0.3, -0.25) is 9.69 Å². The number of carboxylic acids is 1. The van der Waals surface area contributed by atoms with Gasteiger partial charge in [-0.25, -0.2) is 0 Å². The Kier molecular flexibility index (Phi) is 6.70. The minimum absolute atomic E-state index is 0.0175. The van der Waals surface area contributed by atoms with Gasteiger partial charge in [-0.2, -0.15) is 13.2 Å². The summed E-state index contributed by atoms with van der Waals surface area (Å²) in [5.74, 6) is -0.860. The Morgan fingerprint density at radius 3 is 2.60 bits per heavy atom. The number of alkyl halides is 3. The number of β-amino-alcohol motifs (C(OH)–C–C–N with tert-alkyl or cyclic N) is 1. The number of aliphatic hydroxyl groups excluding tert-OH is 1. The maximum Gasteiger partial charge on any atom is 0.401 e. The minimum Gasteiger partial charge on any atom is -0.481 e. The van der Waals surface area contributed by atoms with Gasteiger partial charge in [0.25, 0.3) is 0 Å². The molecule has 2 atom stereocenters. The van der Waals surface area contributed by atoms with E-state index in [1.54, 1.807) is 0 Å². The number of aliphatic hydroxyl groups is 1. The highest BCUT2D eigenvalue weighted by atomic mass is 19.4. The number of carbonyl (C=O) groups is 1. The number of carboxylic acid groups (broad SMARTS) is 1. The van der Waals surface area contributed by atoms with Crippen molar-refractivity contribution in [3.05, 3.63) is 0 Å². The SMILES string of the molecule is O=C(O)CCC1CC(NCC(F)(F)F)CN(CCO)C1. The predicted molar refractivity (Wildman–Crippen MR) is 66.3 cm³/mol. The monoisotopic (exact) mass is 298 g/mol. The van der Waals surface area contributed by atoms with Gasteiger partial charge >= 0.3 is 12.1 Å². The molecular weight excluding hydrogens is 277 g/mol. The molecule has 3 N–H and O–H groups in total. The topological polar surface area (TPSA) is 72.8 Å². The van der Waals surface area contributed by atoms with Crippen LogP contribution in [0.3, 0.4) is 0 Å². The number of aliphatic carboxylic acids is 1. The zero-order valence-corrected chi connectivity index (χ0v) is 11.2. The molecule has 0 bridgehead atoms. The molecule has 1 aliphatic heterocycles. The molecule has 20 heavy (non-hydrogen) atoms. The second-order valence-corrected chi connectivity index (χ2v) is 5.21. The van der Waals surface area contributed by atoms with Gasteiger partial charge in [-0.05, 0) is 18.8 Å². The van der Waals surface area contributed by atoms with E-state index in [9.17, 15) is 18.0 Å². The van der Waals surface area contributed by atoms with Crippen LogP contribution >= 0.6 is 0 Å². The molecular formula is C12H21F3N2O3. The molecule has 1 saturated heterocycles. The number of piperidine rings is 1. The third kappa shape index (κ3) is 7.06. The van der Waals surface area contributed by atoms with Crippen LogP contribution < -0.4 is 5.32 Å². The van der Waals surface area contributed by atoms with E-state index in [4.69, 9.17) is 10.2 Å². The standard InChI is InChI=1S/C12H21F3N2O3/c13-12(14,15)8-16-10-5-9(1-2-11(19)20)6-17(7-10)3-4-18/h9-10,16,18H,1-8H2,(H,19,20). The summed E-state index contributed by atoms with van der Waals surface area (Å²) in [5.41, 5.74) is 0. The zero-order chi connectivity index (χ0) is 15.2. The Bertz CT molecular complexity index is 313. The maximum atomic E-state index is 12.2. The summed E-state index contributed by atoms with van der Waals surface area (Å²) in [4.78, 5) is 12.4. The second-order valence-electron chi connectivity index (χ2n) is 5.21. The smallest absolute Gasteiger partial charge is 0.401 e. The van der Waals surface area contributed by atoms with Crippen LogP contribution in [0, 0.1) is 5.92 Å². The molecule has 1 heterocycles. The van der Waals surface area contributed by atoms with Crippen molar-refractivity contribution in [2.75, 3.05) is 32.8 Å². The van der Waals surface area contributed by atoms with Crippen molar-refractivity contribution in [1.29, 1.82) is 0 Å². The Morgan fingerprint density at radius 2 is 2.05 bits per heavy atom. The van der Waals surface area contributed by atoms with Crippen LogP contribution in [-0.2, 0) is 4.79 Å². The van der Waals surface area contributed by atoms with Crippen molar-refractivity contribution in [1.82, 2.24) is 10.2 Å². The van der Waals surface area contributed by atoms with Gasteiger partial charge in [0.1, 0.15) is 0 Å². The average molecular weight is 298 g/mol. The summed E-state index contributed by atoms with van der Waals surface area (Å²) in [6.07, 6.45) is -3.26. The van der Waals surface area contributed by atoms with E-state index in [0.29, 0.717) is 32.5 Å². The molecule has 0 aromatic heterocycles. The van der Waals surface area contributed by atoms with Crippen LogP contribution in [0.1, 0.15) is 19.3 Å². The van der Waals surface area contributed by atoms with Gasteiger partial charge in [0, 0.05) is 32.1 Å². The van der Waals surface area contributed by atoms with Gasteiger partial charge in [0.05, 0.1) is 13.2 Å². The fourth-order valence-electron chi connectivity index (χ4n) is 2.57. The van der Waals surface area contributed by atoms with E-state index in [-0.39, 0.29) is 25.0 Å². The van der Waals surface area contributed by atoms with Crippen LogP contribution in [0.4, 0.5) is 13.2 Å². The predicted octanol–water partition coefficient (Wildman–Crippen LogP) is 0.686. The highest BCUT2D eigenvalue weighted by Crippen LogP contribution is 2.22. The molecule has 5 nitrogen and oxygen atoms in total. The molecule has 0 amide bonds. The molecule has 0 aliphatic carbocycles.